The lowest BCUT2D eigenvalue weighted by Crippen LogP contribution is -2.20. The molecular formula is C13H17NO2. The molecule has 0 atom stereocenters. The fourth-order valence-corrected chi connectivity index (χ4v) is 1.34. The van der Waals surface area contributed by atoms with E-state index in [2.05, 4.69) is 23.6 Å². The number of para-hydroxylation sites is 1. The number of benzene rings is 1. The molecule has 1 aromatic rings. The number of ether oxygens (including phenoxy) is 1. The quantitative estimate of drug-likeness (QED) is 0.417. The number of esters is 1. The van der Waals surface area contributed by atoms with Crippen molar-refractivity contribution in [3.8, 4) is 0 Å². The molecule has 0 heterocycles. The zero-order valence-corrected chi connectivity index (χ0v) is 9.56. The third-order valence-electron chi connectivity index (χ3n) is 2.25. The first-order valence-electron chi connectivity index (χ1n) is 5.29. The van der Waals surface area contributed by atoms with E-state index in [0.717, 1.165) is 18.7 Å². The molecule has 1 rings (SSSR count). The number of hydrogen-bond acceptors (Lipinski definition) is 3. The molecule has 3 heteroatoms. The molecular weight excluding hydrogens is 202 g/mol. The van der Waals surface area contributed by atoms with Gasteiger partial charge in [0.05, 0.1) is 6.61 Å². The highest BCUT2D eigenvalue weighted by Crippen LogP contribution is 2.10. The van der Waals surface area contributed by atoms with Crippen LogP contribution in [0.1, 0.15) is 6.42 Å². The first-order chi connectivity index (χ1) is 7.74. The maximum atomic E-state index is 10.8. The van der Waals surface area contributed by atoms with E-state index >= 15 is 0 Å². The van der Waals surface area contributed by atoms with Gasteiger partial charge in [-0.3, -0.25) is 0 Å². The van der Waals surface area contributed by atoms with Crippen molar-refractivity contribution in [3.05, 3.63) is 43.0 Å². The second-order valence-corrected chi connectivity index (χ2v) is 3.48. The summed E-state index contributed by atoms with van der Waals surface area (Å²) in [4.78, 5) is 12.9. The molecule has 0 aliphatic carbocycles. The molecule has 0 saturated heterocycles. The normalized spacial score (nSPS) is 9.56. The topological polar surface area (TPSA) is 29.5 Å². The van der Waals surface area contributed by atoms with Crippen LogP contribution in [-0.4, -0.2) is 26.2 Å². The van der Waals surface area contributed by atoms with Crippen LogP contribution in [0.15, 0.2) is 43.0 Å². The smallest absolute Gasteiger partial charge is 0.330 e. The summed E-state index contributed by atoms with van der Waals surface area (Å²) in [5.74, 6) is -0.359. The Hall–Kier alpha value is -1.77. The summed E-state index contributed by atoms with van der Waals surface area (Å²) in [5.41, 5.74) is 1.16. The highest BCUT2D eigenvalue weighted by Gasteiger charge is 2.00. The summed E-state index contributed by atoms with van der Waals surface area (Å²) in [5, 5.41) is 0. The average molecular weight is 219 g/mol. The number of anilines is 1. The Balaban J connectivity index is 2.23. The van der Waals surface area contributed by atoms with Gasteiger partial charge < -0.3 is 9.64 Å². The van der Waals surface area contributed by atoms with Crippen LogP contribution in [0.3, 0.4) is 0 Å². The fraction of sp³-hybridized carbons (Fsp3) is 0.308. The van der Waals surface area contributed by atoms with Crippen LogP contribution in [0, 0.1) is 0 Å². The summed E-state index contributed by atoms with van der Waals surface area (Å²) in [7, 11) is 2.02. The maximum absolute atomic E-state index is 10.8. The van der Waals surface area contributed by atoms with Gasteiger partial charge in [-0.05, 0) is 18.6 Å². The Bertz CT molecular complexity index is 335. The number of carbonyl (C=O) groups excluding carboxylic acids is 1. The van der Waals surface area contributed by atoms with Crippen molar-refractivity contribution in [2.24, 2.45) is 0 Å². The average Bonchev–Trinajstić information content (AvgIpc) is 2.35. The minimum atomic E-state index is -0.359. The van der Waals surface area contributed by atoms with Gasteiger partial charge in [-0.15, -0.1) is 0 Å². The van der Waals surface area contributed by atoms with Crippen LogP contribution in [0.2, 0.25) is 0 Å². The Morgan fingerprint density at radius 1 is 1.44 bits per heavy atom. The molecule has 0 amide bonds. The van der Waals surface area contributed by atoms with Gasteiger partial charge in [0.2, 0.25) is 0 Å². The van der Waals surface area contributed by atoms with Crippen LogP contribution in [0.4, 0.5) is 5.69 Å². The van der Waals surface area contributed by atoms with E-state index in [1.165, 1.54) is 6.08 Å². The van der Waals surface area contributed by atoms with Crippen molar-refractivity contribution in [3.63, 3.8) is 0 Å². The van der Waals surface area contributed by atoms with Crippen LogP contribution >= 0.6 is 0 Å². The molecule has 0 bridgehead atoms. The number of rotatable bonds is 6. The molecule has 3 nitrogen and oxygen atoms in total. The number of nitrogens with zero attached hydrogens (tertiary/aromatic N) is 1. The molecule has 0 aromatic heterocycles. The molecule has 0 N–H and O–H groups in total. The van der Waals surface area contributed by atoms with Crippen molar-refractivity contribution >= 4 is 11.7 Å². The largest absolute Gasteiger partial charge is 0.462 e. The third-order valence-corrected chi connectivity index (χ3v) is 2.25. The lowest BCUT2D eigenvalue weighted by Gasteiger charge is -2.18. The zero-order chi connectivity index (χ0) is 11.8. The van der Waals surface area contributed by atoms with E-state index in [-0.39, 0.29) is 5.97 Å². The molecule has 0 spiro atoms. The predicted octanol–water partition coefficient (Wildman–Crippen LogP) is 2.24. The predicted molar refractivity (Wildman–Crippen MR) is 65.5 cm³/mol. The van der Waals surface area contributed by atoms with Crippen molar-refractivity contribution in [2.75, 3.05) is 25.1 Å². The lowest BCUT2D eigenvalue weighted by molar-refractivity contribution is -0.137. The van der Waals surface area contributed by atoms with E-state index in [1.807, 2.05) is 25.2 Å². The highest BCUT2D eigenvalue weighted by atomic mass is 16.5. The Labute approximate surface area is 96.3 Å². The van der Waals surface area contributed by atoms with Crippen LogP contribution in [0.25, 0.3) is 0 Å². The minimum absolute atomic E-state index is 0.359. The SMILES string of the molecule is C=CC(=O)OCCCN(C)c1ccccc1. The van der Waals surface area contributed by atoms with Crippen LogP contribution < -0.4 is 4.90 Å². The molecule has 0 fully saturated rings. The first kappa shape index (κ1) is 12.3. The van der Waals surface area contributed by atoms with Gasteiger partial charge in [-0.1, -0.05) is 24.8 Å². The van der Waals surface area contributed by atoms with E-state index in [9.17, 15) is 4.79 Å². The van der Waals surface area contributed by atoms with Crippen molar-refractivity contribution in [1.82, 2.24) is 0 Å². The summed E-state index contributed by atoms with van der Waals surface area (Å²) in [6.45, 7) is 4.63. The van der Waals surface area contributed by atoms with E-state index < -0.39 is 0 Å². The second-order valence-electron chi connectivity index (χ2n) is 3.48. The van der Waals surface area contributed by atoms with Crippen LogP contribution in [0.5, 0.6) is 0 Å². The molecule has 86 valence electrons. The Morgan fingerprint density at radius 3 is 2.75 bits per heavy atom. The van der Waals surface area contributed by atoms with Crippen LogP contribution in [-0.2, 0) is 9.53 Å². The number of hydrogen-bond donors (Lipinski definition) is 0. The minimum Gasteiger partial charge on any atom is -0.462 e. The van der Waals surface area contributed by atoms with Gasteiger partial charge in [0.25, 0.3) is 0 Å². The van der Waals surface area contributed by atoms with Crippen molar-refractivity contribution in [1.29, 1.82) is 0 Å². The first-order valence-corrected chi connectivity index (χ1v) is 5.29. The zero-order valence-electron chi connectivity index (χ0n) is 9.56. The van der Waals surface area contributed by atoms with Gasteiger partial charge >= 0.3 is 5.97 Å². The standard InChI is InChI=1S/C13H17NO2/c1-3-13(15)16-11-7-10-14(2)12-8-5-4-6-9-12/h3-6,8-9H,1,7,10-11H2,2H3. The molecule has 0 aliphatic rings. The summed E-state index contributed by atoms with van der Waals surface area (Å²) in [6, 6.07) is 10.1. The van der Waals surface area contributed by atoms with E-state index in [4.69, 9.17) is 4.74 Å². The van der Waals surface area contributed by atoms with Gasteiger partial charge in [0.1, 0.15) is 0 Å². The summed E-state index contributed by atoms with van der Waals surface area (Å²) in [6.07, 6.45) is 1.99. The van der Waals surface area contributed by atoms with Crippen molar-refractivity contribution in [2.45, 2.75) is 6.42 Å². The monoisotopic (exact) mass is 219 g/mol. The molecule has 0 aliphatic heterocycles. The Kier molecular flexibility index (Phi) is 5.12. The fourth-order valence-electron chi connectivity index (χ4n) is 1.34. The molecule has 0 radical (unpaired) electrons. The molecule has 0 unspecified atom stereocenters. The molecule has 16 heavy (non-hydrogen) atoms. The van der Waals surface area contributed by atoms with Gasteiger partial charge in [0, 0.05) is 25.4 Å². The maximum Gasteiger partial charge on any atom is 0.330 e. The second kappa shape index (κ2) is 6.67. The van der Waals surface area contributed by atoms with Gasteiger partial charge in [-0.25, -0.2) is 4.79 Å². The van der Waals surface area contributed by atoms with Gasteiger partial charge in [0.15, 0.2) is 0 Å². The third kappa shape index (κ3) is 4.17. The molecule has 0 saturated carbocycles. The van der Waals surface area contributed by atoms with E-state index in [1.54, 1.807) is 0 Å². The highest BCUT2D eigenvalue weighted by molar-refractivity contribution is 5.81. The summed E-state index contributed by atoms with van der Waals surface area (Å²) < 4.78 is 4.89. The number of carbonyl (C=O) groups is 1. The molecule has 1 aromatic carbocycles. The van der Waals surface area contributed by atoms with E-state index in [0.29, 0.717) is 6.61 Å². The Morgan fingerprint density at radius 2 is 2.12 bits per heavy atom. The van der Waals surface area contributed by atoms with Crippen molar-refractivity contribution < 1.29 is 9.53 Å². The lowest BCUT2D eigenvalue weighted by atomic mass is 10.3. The summed E-state index contributed by atoms with van der Waals surface area (Å²) >= 11 is 0. The van der Waals surface area contributed by atoms with Gasteiger partial charge in [-0.2, -0.15) is 0 Å².